The van der Waals surface area contributed by atoms with Gasteiger partial charge in [-0.25, -0.2) is 0 Å². The minimum atomic E-state index is -0.598. The Labute approximate surface area is 90.7 Å². The second-order valence-corrected chi connectivity index (χ2v) is 6.74. The maximum atomic E-state index is 11.6. The first-order valence-electron chi connectivity index (χ1n) is 4.33. The molecule has 2 nitrogen and oxygen atoms in total. The van der Waals surface area contributed by atoms with Crippen molar-refractivity contribution in [1.82, 2.24) is 4.90 Å². The second-order valence-electron chi connectivity index (χ2n) is 3.40. The van der Waals surface area contributed by atoms with Gasteiger partial charge in [-0.3, -0.25) is 4.21 Å². The first-order chi connectivity index (χ1) is 5.65. The SMILES string of the molecule is CC1CN(CCI)CC(C)S1=O. The maximum Gasteiger partial charge on any atom is 0.0450 e. The van der Waals surface area contributed by atoms with E-state index in [0.717, 1.165) is 19.6 Å². The quantitative estimate of drug-likeness (QED) is 0.565. The lowest BCUT2D eigenvalue weighted by Crippen LogP contribution is -2.47. The van der Waals surface area contributed by atoms with Gasteiger partial charge in [-0.05, 0) is 13.8 Å². The summed E-state index contributed by atoms with van der Waals surface area (Å²) in [5.74, 6) is 0. The minimum Gasteiger partial charge on any atom is -0.300 e. The van der Waals surface area contributed by atoms with Crippen LogP contribution in [0.5, 0.6) is 0 Å². The predicted molar refractivity (Wildman–Crippen MR) is 62.4 cm³/mol. The third-order valence-electron chi connectivity index (χ3n) is 2.22. The highest BCUT2D eigenvalue weighted by molar-refractivity contribution is 14.1. The van der Waals surface area contributed by atoms with Crippen LogP contribution in [0.15, 0.2) is 0 Å². The van der Waals surface area contributed by atoms with Crippen molar-refractivity contribution in [1.29, 1.82) is 0 Å². The van der Waals surface area contributed by atoms with Crippen LogP contribution in [0.3, 0.4) is 0 Å². The average molecular weight is 301 g/mol. The molecule has 0 aromatic carbocycles. The van der Waals surface area contributed by atoms with Crippen LogP contribution >= 0.6 is 22.6 Å². The molecule has 0 radical (unpaired) electrons. The molecule has 72 valence electrons. The number of halogens is 1. The maximum absolute atomic E-state index is 11.6. The van der Waals surface area contributed by atoms with Crippen LogP contribution < -0.4 is 0 Å². The lowest BCUT2D eigenvalue weighted by Gasteiger charge is -2.33. The summed E-state index contributed by atoms with van der Waals surface area (Å²) in [7, 11) is -0.598. The van der Waals surface area contributed by atoms with E-state index < -0.39 is 10.8 Å². The molecule has 12 heavy (non-hydrogen) atoms. The van der Waals surface area contributed by atoms with Gasteiger partial charge in [-0.2, -0.15) is 0 Å². The summed E-state index contributed by atoms with van der Waals surface area (Å²) in [5.41, 5.74) is 0. The fourth-order valence-corrected chi connectivity index (χ4v) is 3.84. The van der Waals surface area contributed by atoms with E-state index in [4.69, 9.17) is 0 Å². The van der Waals surface area contributed by atoms with Crippen LogP contribution in [0.4, 0.5) is 0 Å². The van der Waals surface area contributed by atoms with Crippen molar-refractivity contribution >= 4 is 33.4 Å². The van der Waals surface area contributed by atoms with Gasteiger partial charge in [0.2, 0.25) is 0 Å². The molecule has 1 rings (SSSR count). The third kappa shape index (κ3) is 2.67. The molecule has 4 heteroatoms. The van der Waals surface area contributed by atoms with Crippen LogP contribution in [-0.2, 0) is 10.8 Å². The van der Waals surface area contributed by atoms with Gasteiger partial charge in [0.1, 0.15) is 0 Å². The van der Waals surface area contributed by atoms with Gasteiger partial charge < -0.3 is 4.90 Å². The van der Waals surface area contributed by atoms with Crippen LogP contribution in [0.1, 0.15) is 13.8 Å². The molecule has 1 fully saturated rings. The van der Waals surface area contributed by atoms with Gasteiger partial charge in [0, 0.05) is 45.4 Å². The van der Waals surface area contributed by atoms with Gasteiger partial charge >= 0.3 is 0 Å². The summed E-state index contributed by atoms with van der Waals surface area (Å²) < 4.78 is 12.7. The molecule has 0 bridgehead atoms. The fourth-order valence-electron chi connectivity index (χ4n) is 1.65. The molecule has 0 spiro atoms. The Morgan fingerprint density at radius 3 is 2.33 bits per heavy atom. The van der Waals surface area contributed by atoms with Crippen molar-refractivity contribution < 1.29 is 4.21 Å². The number of hydrogen-bond donors (Lipinski definition) is 0. The zero-order chi connectivity index (χ0) is 9.14. The highest BCUT2D eigenvalue weighted by Gasteiger charge is 2.27. The van der Waals surface area contributed by atoms with Gasteiger partial charge in [0.25, 0.3) is 0 Å². The van der Waals surface area contributed by atoms with Crippen LogP contribution in [-0.4, -0.2) is 43.7 Å². The second kappa shape index (κ2) is 4.91. The normalized spacial score (nSPS) is 38.4. The van der Waals surface area contributed by atoms with Crippen LogP contribution in [0.25, 0.3) is 0 Å². The molecule has 1 aliphatic heterocycles. The summed E-state index contributed by atoms with van der Waals surface area (Å²) >= 11 is 2.39. The molecular weight excluding hydrogens is 285 g/mol. The Balaban J connectivity index is 2.47. The van der Waals surface area contributed by atoms with Gasteiger partial charge in [0.15, 0.2) is 0 Å². The predicted octanol–water partition coefficient (Wildman–Crippen LogP) is 1.26. The number of rotatable bonds is 2. The third-order valence-corrected chi connectivity index (χ3v) is 4.59. The topological polar surface area (TPSA) is 20.3 Å². The van der Waals surface area contributed by atoms with Gasteiger partial charge in [-0.15, -0.1) is 0 Å². The Bertz CT molecular complexity index is 162. The van der Waals surface area contributed by atoms with E-state index in [-0.39, 0.29) is 0 Å². The first kappa shape index (κ1) is 10.9. The smallest absolute Gasteiger partial charge is 0.0450 e. The molecule has 0 aliphatic carbocycles. The molecule has 1 aliphatic rings. The zero-order valence-electron chi connectivity index (χ0n) is 7.62. The molecule has 2 atom stereocenters. The van der Waals surface area contributed by atoms with E-state index in [1.807, 2.05) is 0 Å². The Hall–Kier alpha value is 0.840. The van der Waals surface area contributed by atoms with Gasteiger partial charge in [0.05, 0.1) is 0 Å². The zero-order valence-corrected chi connectivity index (χ0v) is 10.6. The fraction of sp³-hybridized carbons (Fsp3) is 1.00. The van der Waals surface area contributed by atoms with E-state index in [1.54, 1.807) is 0 Å². The van der Waals surface area contributed by atoms with Crippen molar-refractivity contribution in [3.05, 3.63) is 0 Å². The van der Waals surface area contributed by atoms with Crippen LogP contribution in [0, 0.1) is 0 Å². The molecule has 1 saturated heterocycles. The summed E-state index contributed by atoms with van der Waals surface area (Å²) in [5, 5.41) is 0.716. The van der Waals surface area contributed by atoms with Crippen molar-refractivity contribution in [2.45, 2.75) is 24.3 Å². The van der Waals surface area contributed by atoms with Crippen LogP contribution in [0.2, 0.25) is 0 Å². The van der Waals surface area contributed by atoms with Crippen molar-refractivity contribution in [3.63, 3.8) is 0 Å². The van der Waals surface area contributed by atoms with Crippen molar-refractivity contribution in [3.8, 4) is 0 Å². The summed E-state index contributed by atoms with van der Waals surface area (Å²) in [6, 6.07) is 0. The lowest BCUT2D eigenvalue weighted by molar-refractivity contribution is 0.284. The Kier molecular flexibility index (Phi) is 4.46. The summed E-state index contributed by atoms with van der Waals surface area (Å²) in [6.45, 7) is 7.35. The van der Waals surface area contributed by atoms with Crippen molar-refractivity contribution in [2.24, 2.45) is 0 Å². The summed E-state index contributed by atoms with van der Waals surface area (Å²) in [4.78, 5) is 2.42. The number of alkyl halides is 1. The molecule has 0 aromatic heterocycles. The first-order valence-corrected chi connectivity index (χ1v) is 7.13. The molecule has 1 heterocycles. The lowest BCUT2D eigenvalue weighted by atomic mass is 10.3. The number of nitrogens with zero attached hydrogens (tertiary/aromatic N) is 1. The highest BCUT2D eigenvalue weighted by atomic mass is 127. The average Bonchev–Trinajstić information content (AvgIpc) is 2.01. The Morgan fingerprint density at radius 1 is 1.42 bits per heavy atom. The van der Waals surface area contributed by atoms with E-state index in [9.17, 15) is 4.21 Å². The van der Waals surface area contributed by atoms with E-state index >= 15 is 0 Å². The highest BCUT2D eigenvalue weighted by Crippen LogP contribution is 2.14. The standard InChI is InChI=1S/C8H16INOS/c1-7-5-10(4-3-9)6-8(2)12(7)11/h7-8H,3-6H2,1-2H3. The van der Waals surface area contributed by atoms with Crippen molar-refractivity contribution in [2.75, 3.05) is 24.1 Å². The molecule has 2 unspecified atom stereocenters. The number of hydrogen-bond acceptors (Lipinski definition) is 2. The largest absolute Gasteiger partial charge is 0.300 e. The van der Waals surface area contributed by atoms with Gasteiger partial charge in [-0.1, -0.05) is 22.6 Å². The molecule has 0 saturated carbocycles. The molecule has 0 aromatic rings. The van der Waals surface area contributed by atoms with E-state index in [2.05, 4.69) is 41.3 Å². The Morgan fingerprint density at radius 2 is 1.92 bits per heavy atom. The van der Waals surface area contributed by atoms with E-state index in [0.29, 0.717) is 10.5 Å². The minimum absolute atomic E-state index is 0.358. The van der Waals surface area contributed by atoms with E-state index in [1.165, 1.54) is 4.43 Å². The molecule has 0 N–H and O–H groups in total. The molecule has 0 amide bonds. The molecular formula is C8H16INOS. The monoisotopic (exact) mass is 301 g/mol. The summed E-state index contributed by atoms with van der Waals surface area (Å²) in [6.07, 6.45) is 0.